The third kappa shape index (κ3) is 8.56. The average molecular weight is 642 g/mol. The predicted octanol–water partition coefficient (Wildman–Crippen LogP) is 4.20. The molecule has 0 aliphatic carbocycles. The third-order valence-corrected chi connectivity index (χ3v) is 7.45. The molecule has 0 bridgehead atoms. The van der Waals surface area contributed by atoms with E-state index in [1.165, 1.54) is 34.2 Å². The average Bonchev–Trinajstić information content (AvgIpc) is 3.59. The number of halogens is 2. The molecule has 1 aliphatic heterocycles. The molecule has 2 aromatic carbocycles. The summed E-state index contributed by atoms with van der Waals surface area (Å²) in [5.41, 5.74) is 2.00. The minimum atomic E-state index is -0.659. The highest BCUT2D eigenvalue weighted by Crippen LogP contribution is 2.30. The van der Waals surface area contributed by atoms with Crippen molar-refractivity contribution in [2.45, 2.75) is 60.2 Å². The zero-order valence-corrected chi connectivity index (χ0v) is 27.3. The largest absolute Gasteiger partial charge is 0.444 e. The van der Waals surface area contributed by atoms with E-state index in [0.29, 0.717) is 30.9 Å². The van der Waals surface area contributed by atoms with Crippen LogP contribution >= 0.6 is 0 Å². The van der Waals surface area contributed by atoms with E-state index in [0.717, 1.165) is 11.1 Å². The number of aryl methyl sites for hydroxylation is 2. The van der Waals surface area contributed by atoms with Gasteiger partial charge in [0, 0.05) is 52.4 Å². The molecule has 2 heterocycles. The maximum Gasteiger partial charge on any atom is 0.410 e. The van der Waals surface area contributed by atoms with Gasteiger partial charge in [-0.15, -0.1) is 0 Å². The molecule has 0 radical (unpaired) electrons. The van der Waals surface area contributed by atoms with Gasteiger partial charge in [0.15, 0.2) is 0 Å². The maximum absolute atomic E-state index is 15.1. The number of carbonyl (C=O) groups is 3. The Hall–Kier alpha value is -4.59. The minimum absolute atomic E-state index is 0.0351. The van der Waals surface area contributed by atoms with Crippen molar-refractivity contribution >= 4 is 23.6 Å². The normalized spacial score (nSPS) is 12.9. The molecule has 14 heteroatoms. The van der Waals surface area contributed by atoms with Gasteiger partial charge in [0.25, 0.3) is 5.91 Å². The molecule has 0 saturated heterocycles. The first kappa shape index (κ1) is 34.3. The summed E-state index contributed by atoms with van der Waals surface area (Å²) in [6.45, 7) is 11.4. The zero-order valence-electron chi connectivity index (χ0n) is 27.3. The first-order valence-electron chi connectivity index (χ1n) is 15.0. The first-order chi connectivity index (χ1) is 21.6. The number of rotatable bonds is 11. The monoisotopic (exact) mass is 641 g/mol. The number of ether oxygens (including phenoxy) is 1. The highest BCUT2D eigenvalue weighted by atomic mass is 19.1. The van der Waals surface area contributed by atoms with E-state index in [9.17, 15) is 18.8 Å². The summed E-state index contributed by atoms with van der Waals surface area (Å²) in [4.78, 5) is 46.6. The van der Waals surface area contributed by atoms with Crippen LogP contribution in [-0.4, -0.2) is 88.3 Å². The van der Waals surface area contributed by atoms with Crippen LogP contribution in [-0.2, 0) is 27.4 Å². The second-order valence-corrected chi connectivity index (χ2v) is 12.2. The fourth-order valence-corrected chi connectivity index (χ4v) is 5.05. The number of nitrogens with zero attached hydrogens (tertiary/aromatic N) is 6. The van der Waals surface area contributed by atoms with E-state index in [-0.39, 0.29) is 55.2 Å². The molecule has 12 nitrogen and oxygen atoms in total. The van der Waals surface area contributed by atoms with Crippen LogP contribution in [0.15, 0.2) is 34.9 Å². The lowest BCUT2D eigenvalue weighted by Crippen LogP contribution is -2.48. The minimum Gasteiger partial charge on any atom is -0.444 e. The number of carbonyl (C=O) groups excluding carboxylic acids is 3. The Morgan fingerprint density at radius 3 is 2.43 bits per heavy atom. The van der Waals surface area contributed by atoms with Gasteiger partial charge >= 0.3 is 6.09 Å². The molecule has 0 atom stereocenters. The first-order valence-corrected chi connectivity index (χ1v) is 15.0. The second-order valence-electron chi connectivity index (χ2n) is 12.2. The fourth-order valence-electron chi connectivity index (χ4n) is 5.05. The van der Waals surface area contributed by atoms with Crippen LogP contribution in [0.2, 0.25) is 0 Å². The Morgan fingerprint density at radius 2 is 1.78 bits per heavy atom. The number of hydrogen-bond donors (Lipinski definition) is 1. The summed E-state index contributed by atoms with van der Waals surface area (Å²) in [7, 11) is 1.61. The number of benzene rings is 2. The number of nitrogens with one attached hydrogen (secondary N) is 1. The van der Waals surface area contributed by atoms with Gasteiger partial charge in [-0.3, -0.25) is 14.6 Å². The van der Waals surface area contributed by atoms with Crippen LogP contribution in [0.5, 0.6) is 0 Å². The van der Waals surface area contributed by atoms with Crippen LogP contribution in [0, 0.1) is 25.5 Å². The molecule has 1 aromatic heterocycles. The SMILES string of the molecule is CCN(CCNC(=O)CN(CC(=O)N(C)N1Cc2ccc(F)cc2C1)c1cc(-c2noc(C)n2)c(F)cc1C)C(=O)OC(C)(C)C. The standard InChI is InChI=1S/C32H41F2N7O5/c1-8-39(31(44)45-32(4,5)6)12-11-35-28(42)18-40(27-15-25(26(34)13-20(27)2)30-36-21(3)46-37-30)19-29(43)38(7)41-16-22-9-10-24(33)14-23(22)17-41/h9-10,13-15H,8,11-12,16-19H2,1-7H3,(H,35,42). The second kappa shape index (κ2) is 14.2. The lowest BCUT2D eigenvalue weighted by atomic mass is 10.1. The van der Waals surface area contributed by atoms with Crippen molar-refractivity contribution < 1.29 is 32.4 Å². The lowest BCUT2D eigenvalue weighted by Gasteiger charge is -2.32. The van der Waals surface area contributed by atoms with Gasteiger partial charge in [0.05, 0.1) is 18.7 Å². The molecule has 0 fully saturated rings. The Labute approximate surface area is 267 Å². The highest BCUT2D eigenvalue weighted by Gasteiger charge is 2.28. The summed E-state index contributed by atoms with van der Waals surface area (Å²) in [6.07, 6.45) is -0.488. The van der Waals surface area contributed by atoms with E-state index in [2.05, 4.69) is 15.5 Å². The summed E-state index contributed by atoms with van der Waals surface area (Å²) in [5, 5.41) is 9.87. The Kier molecular flexibility index (Phi) is 10.6. The summed E-state index contributed by atoms with van der Waals surface area (Å²) < 4.78 is 39.3. The molecule has 46 heavy (non-hydrogen) atoms. The fraction of sp³-hybridized carbons (Fsp3) is 0.469. The van der Waals surface area contributed by atoms with Crippen molar-refractivity contribution in [3.05, 3.63) is 64.5 Å². The predicted molar refractivity (Wildman–Crippen MR) is 166 cm³/mol. The molecular weight excluding hydrogens is 600 g/mol. The van der Waals surface area contributed by atoms with E-state index < -0.39 is 23.4 Å². The van der Waals surface area contributed by atoms with Crippen molar-refractivity contribution in [2.24, 2.45) is 0 Å². The zero-order chi connectivity index (χ0) is 33.8. The quantitative estimate of drug-likeness (QED) is 0.328. The number of hydrazine groups is 1. The van der Waals surface area contributed by atoms with E-state index in [1.54, 1.807) is 57.6 Å². The topological polar surface area (TPSA) is 124 Å². The van der Waals surface area contributed by atoms with Crippen LogP contribution < -0.4 is 10.2 Å². The number of aromatic nitrogens is 2. The highest BCUT2D eigenvalue weighted by molar-refractivity contribution is 5.87. The molecule has 0 unspecified atom stereocenters. The Morgan fingerprint density at radius 1 is 1.07 bits per heavy atom. The van der Waals surface area contributed by atoms with Crippen LogP contribution in [0.4, 0.5) is 19.3 Å². The molecule has 4 rings (SSSR count). The van der Waals surface area contributed by atoms with Crippen LogP contribution in [0.3, 0.4) is 0 Å². The van der Waals surface area contributed by atoms with Gasteiger partial charge < -0.3 is 24.4 Å². The molecule has 3 amide bonds. The number of amides is 3. The van der Waals surface area contributed by atoms with Gasteiger partial charge in [-0.05, 0) is 75.6 Å². The molecular formula is C32H41F2N7O5. The molecule has 3 aromatic rings. The Bertz CT molecular complexity index is 1590. The summed E-state index contributed by atoms with van der Waals surface area (Å²) in [5.74, 6) is -1.40. The van der Waals surface area contributed by atoms with Gasteiger partial charge in [-0.1, -0.05) is 11.2 Å². The van der Waals surface area contributed by atoms with Gasteiger partial charge in [0.2, 0.25) is 17.6 Å². The van der Waals surface area contributed by atoms with E-state index in [4.69, 9.17) is 9.26 Å². The molecule has 248 valence electrons. The maximum atomic E-state index is 15.1. The van der Waals surface area contributed by atoms with E-state index >= 15 is 4.39 Å². The van der Waals surface area contributed by atoms with Crippen LogP contribution in [0.1, 0.15) is 50.3 Å². The smallest absolute Gasteiger partial charge is 0.410 e. The van der Waals surface area contributed by atoms with E-state index in [1.807, 2.05) is 6.92 Å². The number of fused-ring (bicyclic) bond motifs is 1. The summed E-state index contributed by atoms with van der Waals surface area (Å²) in [6, 6.07) is 7.32. The van der Waals surface area contributed by atoms with Crippen molar-refractivity contribution in [3.8, 4) is 11.4 Å². The van der Waals surface area contributed by atoms with Crippen molar-refractivity contribution in [2.75, 3.05) is 44.7 Å². The number of anilines is 1. The molecule has 1 N–H and O–H groups in total. The molecule has 0 spiro atoms. The lowest BCUT2D eigenvalue weighted by molar-refractivity contribution is -0.145. The van der Waals surface area contributed by atoms with Crippen LogP contribution in [0.25, 0.3) is 11.4 Å². The Balaban J connectivity index is 1.52. The number of likely N-dealkylation sites (N-methyl/N-ethyl adjacent to an activating group) is 2. The van der Waals surface area contributed by atoms with Crippen molar-refractivity contribution in [3.63, 3.8) is 0 Å². The number of hydrogen-bond acceptors (Lipinski definition) is 9. The molecule has 1 aliphatic rings. The van der Waals surface area contributed by atoms with Gasteiger partial charge in [-0.25, -0.2) is 18.6 Å². The molecule has 0 saturated carbocycles. The third-order valence-electron chi connectivity index (χ3n) is 7.45. The van der Waals surface area contributed by atoms with Gasteiger partial charge in [0.1, 0.15) is 17.2 Å². The summed E-state index contributed by atoms with van der Waals surface area (Å²) >= 11 is 0. The van der Waals surface area contributed by atoms with Gasteiger partial charge in [-0.2, -0.15) is 4.98 Å². The van der Waals surface area contributed by atoms with Crippen molar-refractivity contribution in [1.29, 1.82) is 0 Å². The van der Waals surface area contributed by atoms with Crippen molar-refractivity contribution in [1.82, 2.24) is 30.4 Å².